The summed E-state index contributed by atoms with van der Waals surface area (Å²) in [5.41, 5.74) is 2.96. The van der Waals surface area contributed by atoms with E-state index in [0.717, 1.165) is 11.1 Å². The van der Waals surface area contributed by atoms with Crippen molar-refractivity contribution in [1.29, 1.82) is 0 Å². The molecule has 1 heteroatoms. The molecule has 0 atom stereocenters. The van der Waals surface area contributed by atoms with Gasteiger partial charge >= 0.3 is 0 Å². The number of ketones is 1. The number of carbonyl (C=O) groups is 1. The summed E-state index contributed by atoms with van der Waals surface area (Å²) in [5, 5.41) is 0. The van der Waals surface area contributed by atoms with E-state index in [0.29, 0.717) is 0 Å². The van der Waals surface area contributed by atoms with E-state index in [1.54, 1.807) is 6.08 Å². The van der Waals surface area contributed by atoms with E-state index in [1.165, 1.54) is 5.56 Å². The Bertz CT molecular complexity index is 327. The summed E-state index contributed by atoms with van der Waals surface area (Å²) >= 11 is 0. The molecule has 1 rings (SSSR count). The maximum Gasteiger partial charge on any atom is 0.185 e. The summed E-state index contributed by atoms with van der Waals surface area (Å²) in [6.45, 7) is 9.85. The number of aryl methyl sites for hydroxylation is 1. The first-order valence-electron chi connectivity index (χ1n) is 5.35. The number of benzene rings is 1. The van der Waals surface area contributed by atoms with Crippen LogP contribution in [0, 0.1) is 6.92 Å². The van der Waals surface area contributed by atoms with Gasteiger partial charge in [0, 0.05) is 5.56 Å². The maximum absolute atomic E-state index is 11.5. The SMILES string of the molecule is CC.CC(C)=CC(=O)c1ccc(C)cc1. The molecule has 1 aromatic carbocycles. The highest BCUT2D eigenvalue weighted by Crippen LogP contribution is 2.05. The van der Waals surface area contributed by atoms with Gasteiger partial charge in [-0.3, -0.25) is 4.79 Å². The Kier molecular flexibility index (Phi) is 6.35. The molecule has 0 saturated carbocycles. The minimum atomic E-state index is 0.0833. The normalized spacial score (nSPS) is 8.60. The fourth-order valence-corrected chi connectivity index (χ4v) is 1.06. The van der Waals surface area contributed by atoms with Crippen LogP contribution in [-0.4, -0.2) is 5.78 Å². The average molecular weight is 204 g/mol. The minimum Gasteiger partial charge on any atom is -0.289 e. The zero-order chi connectivity index (χ0) is 11.8. The van der Waals surface area contributed by atoms with Gasteiger partial charge in [-0.05, 0) is 26.8 Å². The van der Waals surface area contributed by atoms with E-state index in [4.69, 9.17) is 0 Å². The second-order valence-electron chi connectivity index (χ2n) is 3.45. The molecule has 0 N–H and O–H groups in total. The Morgan fingerprint density at radius 1 is 1.07 bits per heavy atom. The molecule has 0 saturated heterocycles. The molecule has 82 valence electrons. The summed E-state index contributed by atoms with van der Waals surface area (Å²) in [5.74, 6) is 0.0833. The Hall–Kier alpha value is -1.37. The Balaban J connectivity index is 0.000000921. The van der Waals surface area contributed by atoms with Crippen molar-refractivity contribution in [2.45, 2.75) is 34.6 Å². The third kappa shape index (κ3) is 5.16. The predicted octanol–water partition coefficient (Wildman–Crippen LogP) is 4.17. The topological polar surface area (TPSA) is 17.1 Å². The van der Waals surface area contributed by atoms with Crippen LogP contribution in [-0.2, 0) is 0 Å². The molecule has 0 spiro atoms. The molecule has 0 aliphatic heterocycles. The molecular formula is C14H20O. The van der Waals surface area contributed by atoms with E-state index >= 15 is 0 Å². The van der Waals surface area contributed by atoms with Crippen LogP contribution in [0.15, 0.2) is 35.9 Å². The van der Waals surface area contributed by atoms with Crippen molar-refractivity contribution in [3.8, 4) is 0 Å². The van der Waals surface area contributed by atoms with Gasteiger partial charge in [0.15, 0.2) is 5.78 Å². The molecule has 0 amide bonds. The average Bonchev–Trinajstić information content (AvgIpc) is 2.20. The van der Waals surface area contributed by atoms with Crippen LogP contribution in [0.2, 0.25) is 0 Å². The van der Waals surface area contributed by atoms with E-state index in [2.05, 4.69) is 0 Å². The van der Waals surface area contributed by atoms with Crippen LogP contribution in [0.4, 0.5) is 0 Å². The number of hydrogen-bond acceptors (Lipinski definition) is 1. The van der Waals surface area contributed by atoms with Gasteiger partial charge in [0.25, 0.3) is 0 Å². The van der Waals surface area contributed by atoms with Gasteiger partial charge in [-0.1, -0.05) is 49.2 Å². The lowest BCUT2D eigenvalue weighted by Gasteiger charge is -1.97. The molecule has 0 unspecified atom stereocenters. The van der Waals surface area contributed by atoms with Crippen molar-refractivity contribution < 1.29 is 4.79 Å². The predicted molar refractivity (Wildman–Crippen MR) is 66.3 cm³/mol. The van der Waals surface area contributed by atoms with Gasteiger partial charge in [0.05, 0.1) is 0 Å². The smallest absolute Gasteiger partial charge is 0.185 e. The molecule has 0 radical (unpaired) electrons. The Morgan fingerprint density at radius 3 is 1.93 bits per heavy atom. The minimum absolute atomic E-state index is 0.0833. The van der Waals surface area contributed by atoms with Crippen molar-refractivity contribution in [3.63, 3.8) is 0 Å². The van der Waals surface area contributed by atoms with E-state index in [1.807, 2.05) is 58.9 Å². The zero-order valence-corrected chi connectivity index (χ0v) is 10.3. The molecular weight excluding hydrogens is 184 g/mol. The van der Waals surface area contributed by atoms with Crippen LogP contribution >= 0.6 is 0 Å². The summed E-state index contributed by atoms with van der Waals surface area (Å²) in [6.07, 6.45) is 1.66. The van der Waals surface area contributed by atoms with Crippen molar-refractivity contribution >= 4 is 5.78 Å². The second kappa shape index (κ2) is 6.99. The number of carbonyl (C=O) groups excluding carboxylic acids is 1. The zero-order valence-electron chi connectivity index (χ0n) is 10.3. The molecule has 15 heavy (non-hydrogen) atoms. The van der Waals surface area contributed by atoms with Gasteiger partial charge in [-0.15, -0.1) is 0 Å². The molecule has 0 fully saturated rings. The van der Waals surface area contributed by atoms with E-state index in [9.17, 15) is 4.79 Å². The molecule has 0 aliphatic carbocycles. The first-order chi connectivity index (χ1) is 7.09. The van der Waals surface area contributed by atoms with Gasteiger partial charge in [-0.2, -0.15) is 0 Å². The molecule has 0 aromatic heterocycles. The monoisotopic (exact) mass is 204 g/mol. The Morgan fingerprint density at radius 2 is 1.53 bits per heavy atom. The fraction of sp³-hybridized carbons (Fsp3) is 0.357. The number of allylic oxidation sites excluding steroid dienone is 2. The van der Waals surface area contributed by atoms with Crippen LogP contribution in [0.1, 0.15) is 43.6 Å². The lowest BCUT2D eigenvalue weighted by atomic mass is 10.1. The number of hydrogen-bond donors (Lipinski definition) is 0. The summed E-state index contributed by atoms with van der Waals surface area (Å²) < 4.78 is 0. The Labute approximate surface area is 92.8 Å². The molecule has 0 aliphatic rings. The van der Waals surface area contributed by atoms with Crippen molar-refractivity contribution in [3.05, 3.63) is 47.0 Å². The third-order valence-corrected chi connectivity index (χ3v) is 1.76. The molecule has 0 heterocycles. The first kappa shape index (κ1) is 13.6. The van der Waals surface area contributed by atoms with Crippen LogP contribution in [0.25, 0.3) is 0 Å². The van der Waals surface area contributed by atoms with Gasteiger partial charge < -0.3 is 0 Å². The van der Waals surface area contributed by atoms with Crippen molar-refractivity contribution in [2.75, 3.05) is 0 Å². The van der Waals surface area contributed by atoms with Gasteiger partial charge in [0.2, 0.25) is 0 Å². The highest BCUT2D eigenvalue weighted by molar-refractivity contribution is 6.04. The highest BCUT2D eigenvalue weighted by atomic mass is 16.1. The fourth-order valence-electron chi connectivity index (χ4n) is 1.06. The molecule has 1 aromatic rings. The molecule has 1 nitrogen and oxygen atoms in total. The van der Waals surface area contributed by atoms with Crippen LogP contribution in [0.3, 0.4) is 0 Å². The van der Waals surface area contributed by atoms with Gasteiger partial charge in [-0.25, -0.2) is 0 Å². The summed E-state index contributed by atoms with van der Waals surface area (Å²) in [7, 11) is 0. The van der Waals surface area contributed by atoms with E-state index < -0.39 is 0 Å². The summed E-state index contributed by atoms with van der Waals surface area (Å²) in [6, 6.07) is 7.62. The van der Waals surface area contributed by atoms with Crippen molar-refractivity contribution in [2.24, 2.45) is 0 Å². The molecule has 0 bridgehead atoms. The number of rotatable bonds is 2. The van der Waals surface area contributed by atoms with Crippen molar-refractivity contribution in [1.82, 2.24) is 0 Å². The van der Waals surface area contributed by atoms with E-state index in [-0.39, 0.29) is 5.78 Å². The van der Waals surface area contributed by atoms with Gasteiger partial charge in [0.1, 0.15) is 0 Å². The van der Waals surface area contributed by atoms with Crippen LogP contribution < -0.4 is 0 Å². The highest BCUT2D eigenvalue weighted by Gasteiger charge is 2.00. The lowest BCUT2D eigenvalue weighted by Crippen LogP contribution is -1.94. The standard InChI is InChI=1S/C12H14O.C2H6/c1-9(2)8-12(13)11-6-4-10(3)5-7-11;1-2/h4-8H,1-3H3;1-2H3. The third-order valence-electron chi connectivity index (χ3n) is 1.76. The quantitative estimate of drug-likeness (QED) is 0.522. The van der Waals surface area contributed by atoms with Crippen LogP contribution in [0.5, 0.6) is 0 Å². The summed E-state index contributed by atoms with van der Waals surface area (Å²) in [4.78, 5) is 11.5. The first-order valence-corrected chi connectivity index (χ1v) is 5.35. The maximum atomic E-state index is 11.5. The largest absolute Gasteiger partial charge is 0.289 e. The second-order valence-corrected chi connectivity index (χ2v) is 3.45. The lowest BCUT2D eigenvalue weighted by molar-refractivity contribution is 0.104.